The maximum Gasteiger partial charge on any atom is 0.259 e. The minimum absolute atomic E-state index is 0.115. The van der Waals surface area contributed by atoms with Gasteiger partial charge in [-0.15, -0.1) is 0 Å². The Labute approximate surface area is 122 Å². The average molecular weight is 289 g/mol. The highest BCUT2D eigenvalue weighted by molar-refractivity contribution is 6.06. The maximum atomic E-state index is 13.6. The molecule has 0 aliphatic heterocycles. The van der Waals surface area contributed by atoms with Gasteiger partial charge < -0.3 is 14.8 Å². The highest BCUT2D eigenvalue weighted by atomic mass is 19.1. The van der Waals surface area contributed by atoms with Crippen LogP contribution in [0.4, 0.5) is 10.1 Å². The molecule has 0 saturated carbocycles. The summed E-state index contributed by atoms with van der Waals surface area (Å²) in [6, 6.07) is 9.25. The third-order valence-electron chi connectivity index (χ3n) is 3.08. The molecule has 21 heavy (non-hydrogen) atoms. The van der Waals surface area contributed by atoms with Crippen LogP contribution in [0.15, 0.2) is 36.4 Å². The summed E-state index contributed by atoms with van der Waals surface area (Å²) in [5.74, 6) is 0.00997. The van der Waals surface area contributed by atoms with Gasteiger partial charge in [-0.05, 0) is 36.8 Å². The van der Waals surface area contributed by atoms with Crippen LogP contribution >= 0.6 is 0 Å². The summed E-state index contributed by atoms with van der Waals surface area (Å²) in [5.41, 5.74) is 1.24. The number of para-hydroxylation sites is 1. The number of carbonyl (C=O) groups excluding carboxylic acids is 1. The van der Waals surface area contributed by atoms with Crippen molar-refractivity contribution in [2.75, 3.05) is 19.5 Å². The quantitative estimate of drug-likeness (QED) is 0.938. The van der Waals surface area contributed by atoms with E-state index in [2.05, 4.69) is 5.32 Å². The van der Waals surface area contributed by atoms with E-state index in [1.807, 2.05) is 6.92 Å². The molecule has 0 saturated heterocycles. The SMILES string of the molecule is COc1cc(C(=O)Nc2ccccc2F)c(OC)cc1C. The van der Waals surface area contributed by atoms with Gasteiger partial charge in [-0.2, -0.15) is 0 Å². The predicted molar refractivity (Wildman–Crippen MR) is 78.6 cm³/mol. The molecule has 110 valence electrons. The molecule has 0 spiro atoms. The topological polar surface area (TPSA) is 47.6 Å². The van der Waals surface area contributed by atoms with Gasteiger partial charge in [0.1, 0.15) is 17.3 Å². The average Bonchev–Trinajstić information content (AvgIpc) is 2.49. The van der Waals surface area contributed by atoms with Crippen LogP contribution in [-0.4, -0.2) is 20.1 Å². The second kappa shape index (κ2) is 6.26. The lowest BCUT2D eigenvalue weighted by Gasteiger charge is -2.13. The Bertz CT molecular complexity index is 671. The molecule has 0 radical (unpaired) electrons. The Hall–Kier alpha value is -2.56. The Balaban J connectivity index is 2.36. The van der Waals surface area contributed by atoms with Crippen LogP contribution < -0.4 is 14.8 Å². The van der Waals surface area contributed by atoms with Crippen LogP contribution in [0, 0.1) is 12.7 Å². The van der Waals surface area contributed by atoms with Gasteiger partial charge in [0.25, 0.3) is 5.91 Å². The van der Waals surface area contributed by atoms with Crippen molar-refractivity contribution in [2.24, 2.45) is 0 Å². The van der Waals surface area contributed by atoms with Gasteiger partial charge in [0.2, 0.25) is 0 Å². The van der Waals surface area contributed by atoms with Crippen molar-refractivity contribution in [3.63, 3.8) is 0 Å². The second-order valence-electron chi connectivity index (χ2n) is 4.46. The number of nitrogens with one attached hydrogen (secondary N) is 1. The third kappa shape index (κ3) is 3.13. The molecule has 0 atom stereocenters. The first-order valence-corrected chi connectivity index (χ1v) is 6.35. The van der Waals surface area contributed by atoms with Gasteiger partial charge in [-0.3, -0.25) is 4.79 Å². The van der Waals surface area contributed by atoms with E-state index in [0.29, 0.717) is 11.5 Å². The molecular formula is C16H16FNO3. The van der Waals surface area contributed by atoms with Crippen molar-refractivity contribution >= 4 is 11.6 Å². The van der Waals surface area contributed by atoms with E-state index in [9.17, 15) is 9.18 Å². The summed E-state index contributed by atoms with van der Waals surface area (Å²) in [5, 5.41) is 2.52. The number of anilines is 1. The van der Waals surface area contributed by atoms with Crippen LogP contribution in [0.5, 0.6) is 11.5 Å². The molecule has 2 aromatic carbocycles. The number of hydrogen-bond acceptors (Lipinski definition) is 3. The van der Waals surface area contributed by atoms with Crippen molar-refractivity contribution in [1.29, 1.82) is 0 Å². The molecule has 2 rings (SSSR count). The molecule has 0 unspecified atom stereocenters. The summed E-state index contributed by atoms with van der Waals surface area (Å²) < 4.78 is 24.0. The highest BCUT2D eigenvalue weighted by Crippen LogP contribution is 2.29. The minimum atomic E-state index is -0.496. The zero-order valence-electron chi connectivity index (χ0n) is 12.1. The van der Waals surface area contributed by atoms with Gasteiger partial charge >= 0.3 is 0 Å². The monoisotopic (exact) mass is 289 g/mol. The summed E-state index contributed by atoms with van der Waals surface area (Å²) in [6.45, 7) is 1.85. The highest BCUT2D eigenvalue weighted by Gasteiger charge is 2.16. The number of rotatable bonds is 4. The molecule has 0 aliphatic rings. The zero-order chi connectivity index (χ0) is 15.4. The van der Waals surface area contributed by atoms with E-state index >= 15 is 0 Å². The van der Waals surface area contributed by atoms with Gasteiger partial charge in [0, 0.05) is 0 Å². The van der Waals surface area contributed by atoms with Crippen molar-refractivity contribution in [3.05, 3.63) is 53.3 Å². The third-order valence-corrected chi connectivity index (χ3v) is 3.08. The summed E-state index contributed by atoms with van der Waals surface area (Å²) in [4.78, 5) is 12.3. The molecule has 0 aliphatic carbocycles. The molecule has 1 amide bonds. The van der Waals surface area contributed by atoms with Crippen LogP contribution in [0.25, 0.3) is 0 Å². The number of benzene rings is 2. The van der Waals surface area contributed by atoms with Crippen LogP contribution in [-0.2, 0) is 0 Å². The van der Waals surface area contributed by atoms with E-state index in [1.165, 1.54) is 26.4 Å². The number of methoxy groups -OCH3 is 2. The number of amides is 1. The largest absolute Gasteiger partial charge is 0.496 e. The first kappa shape index (κ1) is 14.8. The zero-order valence-corrected chi connectivity index (χ0v) is 12.1. The Morgan fingerprint density at radius 2 is 1.76 bits per heavy atom. The number of ether oxygens (including phenoxy) is 2. The fraction of sp³-hybridized carbons (Fsp3) is 0.188. The molecule has 0 fully saturated rings. The van der Waals surface area contributed by atoms with Crippen molar-refractivity contribution in [3.8, 4) is 11.5 Å². The first-order valence-electron chi connectivity index (χ1n) is 6.35. The lowest BCUT2D eigenvalue weighted by molar-refractivity contribution is 0.102. The van der Waals surface area contributed by atoms with Gasteiger partial charge in [-0.1, -0.05) is 12.1 Å². The van der Waals surface area contributed by atoms with Crippen LogP contribution in [0.1, 0.15) is 15.9 Å². The summed E-state index contributed by atoms with van der Waals surface area (Å²) >= 11 is 0. The van der Waals surface area contributed by atoms with E-state index in [1.54, 1.807) is 24.3 Å². The lowest BCUT2D eigenvalue weighted by atomic mass is 10.1. The molecule has 4 nitrogen and oxygen atoms in total. The number of carbonyl (C=O) groups is 1. The Kier molecular flexibility index (Phi) is 4.42. The number of aryl methyl sites for hydroxylation is 1. The Morgan fingerprint density at radius 1 is 1.10 bits per heavy atom. The molecule has 1 N–H and O–H groups in total. The van der Waals surface area contributed by atoms with Crippen molar-refractivity contribution < 1.29 is 18.7 Å². The summed E-state index contributed by atoms with van der Waals surface area (Å²) in [6.07, 6.45) is 0. The van der Waals surface area contributed by atoms with Gasteiger partial charge in [0.15, 0.2) is 0 Å². The van der Waals surface area contributed by atoms with E-state index in [-0.39, 0.29) is 11.3 Å². The molecule has 2 aromatic rings. The van der Waals surface area contributed by atoms with Crippen molar-refractivity contribution in [1.82, 2.24) is 0 Å². The van der Waals surface area contributed by atoms with Gasteiger partial charge in [0.05, 0.1) is 25.5 Å². The summed E-state index contributed by atoms with van der Waals surface area (Å²) in [7, 11) is 2.99. The standard InChI is InChI=1S/C16H16FNO3/c1-10-8-15(21-3)11(9-14(10)20-2)16(19)18-13-7-5-4-6-12(13)17/h4-9H,1-3H3,(H,18,19). The fourth-order valence-electron chi connectivity index (χ4n) is 1.98. The van der Waals surface area contributed by atoms with E-state index < -0.39 is 11.7 Å². The first-order chi connectivity index (χ1) is 10.1. The molecule has 0 heterocycles. The Morgan fingerprint density at radius 3 is 2.38 bits per heavy atom. The molecule has 0 bridgehead atoms. The predicted octanol–water partition coefficient (Wildman–Crippen LogP) is 3.40. The van der Waals surface area contributed by atoms with Crippen molar-refractivity contribution in [2.45, 2.75) is 6.92 Å². The van der Waals surface area contributed by atoms with Crippen LogP contribution in [0.2, 0.25) is 0 Å². The molecule has 5 heteroatoms. The van der Waals surface area contributed by atoms with E-state index in [0.717, 1.165) is 5.56 Å². The minimum Gasteiger partial charge on any atom is -0.496 e. The smallest absolute Gasteiger partial charge is 0.259 e. The fourth-order valence-corrected chi connectivity index (χ4v) is 1.98. The molecule has 0 aromatic heterocycles. The lowest BCUT2D eigenvalue weighted by Crippen LogP contribution is -2.14. The molecular weight excluding hydrogens is 273 g/mol. The number of halogens is 1. The maximum absolute atomic E-state index is 13.6. The van der Waals surface area contributed by atoms with E-state index in [4.69, 9.17) is 9.47 Å². The van der Waals surface area contributed by atoms with Gasteiger partial charge in [-0.25, -0.2) is 4.39 Å². The second-order valence-corrected chi connectivity index (χ2v) is 4.46. The normalized spacial score (nSPS) is 10.1. The number of hydrogen-bond donors (Lipinski definition) is 1. The van der Waals surface area contributed by atoms with Crippen LogP contribution in [0.3, 0.4) is 0 Å².